The summed E-state index contributed by atoms with van der Waals surface area (Å²) in [5.41, 5.74) is -0.934. The first kappa shape index (κ1) is 22.0. The number of hydrogen-bond acceptors (Lipinski definition) is 5. The highest BCUT2D eigenvalue weighted by molar-refractivity contribution is 6.01. The van der Waals surface area contributed by atoms with Gasteiger partial charge in [-0.3, -0.25) is 14.9 Å². The number of ether oxygens (including phenoxy) is 2. The van der Waals surface area contributed by atoms with Crippen LogP contribution in [0.5, 0.6) is 5.75 Å². The molecule has 2 heterocycles. The number of likely N-dealkylation sites (tertiary alicyclic amines) is 1. The molecule has 1 N–H and O–H groups in total. The Balaban J connectivity index is 1.61. The molecule has 0 radical (unpaired) electrons. The Morgan fingerprint density at radius 1 is 1.10 bits per heavy atom. The van der Waals surface area contributed by atoms with E-state index >= 15 is 0 Å². The molecule has 2 aliphatic heterocycles. The van der Waals surface area contributed by atoms with E-state index in [1.165, 1.54) is 0 Å². The summed E-state index contributed by atoms with van der Waals surface area (Å²) in [7, 11) is 0. The number of nitrogens with one attached hydrogen (secondary N) is 1. The number of halogens is 2. The zero-order chi connectivity index (χ0) is 22.1. The monoisotopic (exact) mass is 424 g/mol. The van der Waals surface area contributed by atoms with Gasteiger partial charge in [0.05, 0.1) is 5.92 Å². The van der Waals surface area contributed by atoms with Crippen molar-refractivity contribution in [2.75, 3.05) is 13.1 Å². The van der Waals surface area contributed by atoms with Crippen molar-refractivity contribution in [2.24, 2.45) is 0 Å². The number of carbonyl (C=O) groups excluding carboxylic acids is 3. The minimum absolute atomic E-state index is 0.0248. The fourth-order valence-electron chi connectivity index (χ4n) is 3.61. The Hall–Kier alpha value is -2.71. The van der Waals surface area contributed by atoms with Crippen LogP contribution in [0.4, 0.5) is 13.6 Å². The van der Waals surface area contributed by atoms with Crippen LogP contribution in [0.2, 0.25) is 0 Å². The van der Waals surface area contributed by atoms with E-state index in [4.69, 9.17) is 9.47 Å². The number of imide groups is 1. The molecule has 164 valence electrons. The van der Waals surface area contributed by atoms with Crippen molar-refractivity contribution < 1.29 is 32.6 Å². The molecule has 0 aliphatic carbocycles. The second-order valence-corrected chi connectivity index (χ2v) is 8.59. The average Bonchev–Trinajstić information content (AvgIpc) is 2.62. The SMILES string of the molecule is CC(C)(C)OC(=O)N1CCC(Oc2cc(F)c(C3CCC(=O)NC3=O)c(F)c2)CC1. The third kappa shape index (κ3) is 5.25. The molecule has 7 nitrogen and oxygen atoms in total. The van der Waals surface area contributed by atoms with Gasteiger partial charge in [-0.2, -0.15) is 0 Å². The van der Waals surface area contributed by atoms with Crippen LogP contribution in [0.3, 0.4) is 0 Å². The van der Waals surface area contributed by atoms with Crippen LogP contribution in [0.1, 0.15) is 57.9 Å². The zero-order valence-corrected chi connectivity index (χ0v) is 17.3. The van der Waals surface area contributed by atoms with Crippen molar-refractivity contribution in [3.8, 4) is 5.75 Å². The first-order chi connectivity index (χ1) is 14.0. The Morgan fingerprint density at radius 2 is 1.70 bits per heavy atom. The van der Waals surface area contributed by atoms with Gasteiger partial charge in [0.25, 0.3) is 0 Å². The summed E-state index contributed by atoms with van der Waals surface area (Å²) < 4.78 is 40.2. The molecule has 0 saturated carbocycles. The molecule has 3 rings (SSSR count). The summed E-state index contributed by atoms with van der Waals surface area (Å²) in [5, 5.41) is 2.10. The van der Waals surface area contributed by atoms with Crippen LogP contribution >= 0.6 is 0 Å². The summed E-state index contributed by atoms with van der Waals surface area (Å²) in [6.45, 7) is 6.21. The maximum Gasteiger partial charge on any atom is 0.410 e. The molecule has 3 amide bonds. The predicted octanol–water partition coefficient (Wildman–Crippen LogP) is 3.26. The van der Waals surface area contributed by atoms with E-state index in [1.807, 2.05) is 0 Å². The number of rotatable bonds is 3. The van der Waals surface area contributed by atoms with Crippen molar-refractivity contribution in [3.05, 3.63) is 29.3 Å². The number of benzene rings is 1. The van der Waals surface area contributed by atoms with Crippen molar-refractivity contribution in [3.63, 3.8) is 0 Å². The van der Waals surface area contributed by atoms with Crippen molar-refractivity contribution in [1.82, 2.24) is 10.2 Å². The predicted molar refractivity (Wildman–Crippen MR) is 103 cm³/mol. The standard InChI is InChI=1S/C21H26F2N2O5/c1-21(2,3)30-20(28)25-8-6-12(7-9-25)29-13-10-15(22)18(16(23)11-13)14-4-5-17(26)24-19(14)27/h10-12,14H,4-9H2,1-3H3,(H,24,26,27). The molecule has 1 unspecified atom stereocenters. The molecular weight excluding hydrogens is 398 g/mol. The maximum absolute atomic E-state index is 14.6. The highest BCUT2D eigenvalue weighted by atomic mass is 19.1. The molecule has 0 spiro atoms. The molecule has 1 atom stereocenters. The van der Waals surface area contributed by atoms with Gasteiger partial charge < -0.3 is 14.4 Å². The van der Waals surface area contributed by atoms with Crippen LogP contribution in [0.15, 0.2) is 12.1 Å². The van der Waals surface area contributed by atoms with Crippen molar-refractivity contribution in [2.45, 2.75) is 64.1 Å². The molecule has 2 saturated heterocycles. The van der Waals surface area contributed by atoms with Crippen molar-refractivity contribution in [1.29, 1.82) is 0 Å². The minimum atomic E-state index is -1.05. The van der Waals surface area contributed by atoms with E-state index < -0.39 is 41.1 Å². The molecule has 1 aromatic carbocycles. The molecule has 2 aliphatic rings. The lowest BCUT2D eigenvalue weighted by Crippen LogP contribution is -2.44. The molecule has 0 bridgehead atoms. The lowest BCUT2D eigenvalue weighted by Gasteiger charge is -2.33. The smallest absolute Gasteiger partial charge is 0.410 e. The van der Waals surface area contributed by atoms with Gasteiger partial charge in [0, 0.05) is 50.0 Å². The van der Waals surface area contributed by atoms with Gasteiger partial charge in [-0.25, -0.2) is 13.6 Å². The van der Waals surface area contributed by atoms with Crippen molar-refractivity contribution >= 4 is 17.9 Å². The van der Waals surface area contributed by atoms with Gasteiger partial charge >= 0.3 is 6.09 Å². The lowest BCUT2D eigenvalue weighted by molar-refractivity contribution is -0.134. The summed E-state index contributed by atoms with van der Waals surface area (Å²) in [5.74, 6) is -3.94. The Kier molecular flexibility index (Phi) is 6.28. The van der Waals surface area contributed by atoms with E-state index in [0.29, 0.717) is 25.9 Å². The van der Waals surface area contributed by atoms with Gasteiger partial charge in [0.2, 0.25) is 11.8 Å². The van der Waals surface area contributed by atoms with E-state index in [9.17, 15) is 23.2 Å². The van der Waals surface area contributed by atoms with Crippen LogP contribution in [-0.4, -0.2) is 47.6 Å². The Bertz CT molecular complexity index is 821. The fraction of sp³-hybridized carbons (Fsp3) is 0.571. The first-order valence-electron chi connectivity index (χ1n) is 10.0. The summed E-state index contributed by atoms with van der Waals surface area (Å²) in [6, 6.07) is 2.12. The van der Waals surface area contributed by atoms with Gasteiger partial charge in [0.15, 0.2) is 0 Å². The second kappa shape index (κ2) is 8.57. The molecule has 1 aromatic rings. The van der Waals surface area contributed by atoms with Crippen LogP contribution in [0, 0.1) is 11.6 Å². The highest BCUT2D eigenvalue weighted by Gasteiger charge is 2.33. The molecule has 2 fully saturated rings. The van der Waals surface area contributed by atoms with Crippen LogP contribution in [0.25, 0.3) is 0 Å². The molecule has 30 heavy (non-hydrogen) atoms. The van der Waals surface area contributed by atoms with E-state index in [1.54, 1.807) is 25.7 Å². The summed E-state index contributed by atoms with van der Waals surface area (Å²) in [4.78, 5) is 36.9. The molecule has 9 heteroatoms. The number of piperidine rings is 2. The highest BCUT2D eigenvalue weighted by Crippen LogP contribution is 2.32. The normalized spacial score (nSPS) is 20.7. The second-order valence-electron chi connectivity index (χ2n) is 8.59. The maximum atomic E-state index is 14.6. The third-order valence-corrected chi connectivity index (χ3v) is 5.04. The van der Waals surface area contributed by atoms with E-state index in [2.05, 4.69) is 5.32 Å². The Morgan fingerprint density at radius 3 is 2.23 bits per heavy atom. The van der Waals surface area contributed by atoms with Crippen LogP contribution in [-0.2, 0) is 14.3 Å². The van der Waals surface area contributed by atoms with Gasteiger partial charge in [-0.1, -0.05) is 0 Å². The lowest BCUT2D eigenvalue weighted by atomic mass is 9.89. The topological polar surface area (TPSA) is 84.9 Å². The number of carbonyl (C=O) groups is 3. The first-order valence-corrected chi connectivity index (χ1v) is 10.0. The fourth-order valence-corrected chi connectivity index (χ4v) is 3.61. The Labute approximate surface area is 173 Å². The number of amides is 3. The quantitative estimate of drug-likeness (QED) is 0.753. The zero-order valence-electron chi connectivity index (χ0n) is 17.3. The minimum Gasteiger partial charge on any atom is -0.490 e. The van der Waals surface area contributed by atoms with Gasteiger partial charge in [-0.05, 0) is 27.2 Å². The third-order valence-electron chi connectivity index (χ3n) is 5.04. The molecular formula is C21H26F2N2O5. The van der Waals surface area contributed by atoms with E-state index in [0.717, 1.165) is 12.1 Å². The number of nitrogens with zero attached hydrogens (tertiary/aromatic N) is 1. The average molecular weight is 424 g/mol. The van der Waals surface area contributed by atoms with Gasteiger partial charge in [0.1, 0.15) is 29.1 Å². The summed E-state index contributed by atoms with van der Waals surface area (Å²) in [6.07, 6.45) is 0.385. The van der Waals surface area contributed by atoms with E-state index in [-0.39, 0.29) is 30.3 Å². The number of hydrogen-bond donors (Lipinski definition) is 1. The largest absolute Gasteiger partial charge is 0.490 e. The van der Waals surface area contributed by atoms with Crippen LogP contribution < -0.4 is 10.1 Å². The summed E-state index contributed by atoms with van der Waals surface area (Å²) >= 11 is 0. The van der Waals surface area contributed by atoms with Gasteiger partial charge in [-0.15, -0.1) is 0 Å². The molecule has 0 aromatic heterocycles.